The van der Waals surface area contributed by atoms with Crippen molar-refractivity contribution in [3.8, 4) is 0 Å². The van der Waals surface area contributed by atoms with Crippen LogP contribution in [-0.2, 0) is 14.8 Å². The standard InChI is InChI=1S/C13H17NO4S2/c1-19-9-7-12(13(15)16)14-20(17,18)10-8-11-5-3-2-4-6-11/h2-6,8,10,12,14H,7,9H2,1H3,(H,15,16)/b10-8+/t12-/m0/s1. The van der Waals surface area contributed by atoms with Crippen molar-refractivity contribution >= 4 is 33.8 Å². The summed E-state index contributed by atoms with van der Waals surface area (Å²) in [5, 5.41) is 9.97. The number of hydrogen-bond acceptors (Lipinski definition) is 4. The minimum absolute atomic E-state index is 0.245. The maximum absolute atomic E-state index is 11.8. The lowest BCUT2D eigenvalue weighted by atomic mass is 10.2. The third-order valence-electron chi connectivity index (χ3n) is 2.45. The molecule has 1 aromatic carbocycles. The van der Waals surface area contributed by atoms with Crippen LogP contribution in [0.15, 0.2) is 35.7 Å². The minimum atomic E-state index is -3.78. The Morgan fingerprint density at radius 2 is 2.05 bits per heavy atom. The first-order valence-corrected chi connectivity index (χ1v) is 8.86. The molecule has 7 heteroatoms. The summed E-state index contributed by atoms with van der Waals surface area (Å²) in [6.07, 6.45) is 3.51. The van der Waals surface area contributed by atoms with Crippen molar-refractivity contribution in [2.24, 2.45) is 0 Å². The first-order chi connectivity index (χ1) is 9.44. The van der Waals surface area contributed by atoms with Crippen LogP contribution in [-0.4, -0.2) is 37.5 Å². The fourth-order valence-electron chi connectivity index (χ4n) is 1.44. The molecule has 0 saturated heterocycles. The Balaban J connectivity index is 2.72. The van der Waals surface area contributed by atoms with Crippen molar-refractivity contribution in [2.75, 3.05) is 12.0 Å². The van der Waals surface area contributed by atoms with Crippen LogP contribution in [0.5, 0.6) is 0 Å². The van der Waals surface area contributed by atoms with Crippen molar-refractivity contribution in [2.45, 2.75) is 12.5 Å². The molecule has 1 aromatic rings. The van der Waals surface area contributed by atoms with Crippen molar-refractivity contribution in [3.05, 3.63) is 41.3 Å². The van der Waals surface area contributed by atoms with Gasteiger partial charge in [0.2, 0.25) is 10.0 Å². The topological polar surface area (TPSA) is 83.5 Å². The van der Waals surface area contributed by atoms with Gasteiger partial charge in [0.15, 0.2) is 0 Å². The summed E-state index contributed by atoms with van der Waals surface area (Å²) in [4.78, 5) is 11.0. The summed E-state index contributed by atoms with van der Waals surface area (Å²) in [5.74, 6) is -0.599. The molecule has 0 saturated carbocycles. The first kappa shape index (κ1) is 16.7. The van der Waals surface area contributed by atoms with E-state index in [9.17, 15) is 13.2 Å². The number of aliphatic carboxylic acids is 1. The Morgan fingerprint density at radius 1 is 1.40 bits per heavy atom. The fraction of sp³-hybridized carbons (Fsp3) is 0.308. The van der Waals surface area contributed by atoms with E-state index in [-0.39, 0.29) is 6.42 Å². The summed E-state index contributed by atoms with van der Waals surface area (Å²) < 4.78 is 25.8. The van der Waals surface area contributed by atoms with E-state index in [0.717, 1.165) is 11.0 Å². The van der Waals surface area contributed by atoms with Crippen LogP contribution in [0.25, 0.3) is 6.08 Å². The lowest BCUT2D eigenvalue weighted by Gasteiger charge is -2.12. The molecule has 0 aliphatic rings. The van der Waals surface area contributed by atoms with Crippen LogP contribution >= 0.6 is 11.8 Å². The molecule has 1 rings (SSSR count). The predicted molar refractivity (Wildman–Crippen MR) is 82.0 cm³/mol. The van der Waals surface area contributed by atoms with E-state index in [1.54, 1.807) is 24.3 Å². The Kier molecular flexibility index (Phi) is 6.77. The van der Waals surface area contributed by atoms with Gasteiger partial charge in [0.1, 0.15) is 6.04 Å². The lowest BCUT2D eigenvalue weighted by Crippen LogP contribution is -2.40. The van der Waals surface area contributed by atoms with Gasteiger partial charge in [0, 0.05) is 5.41 Å². The molecule has 0 fully saturated rings. The highest BCUT2D eigenvalue weighted by molar-refractivity contribution is 7.98. The van der Waals surface area contributed by atoms with Crippen molar-refractivity contribution in [3.63, 3.8) is 0 Å². The van der Waals surface area contributed by atoms with E-state index in [1.807, 2.05) is 12.3 Å². The SMILES string of the molecule is CSCC[C@H](NS(=O)(=O)/C=C/c1ccccc1)C(=O)O. The van der Waals surface area contributed by atoms with Crippen molar-refractivity contribution < 1.29 is 18.3 Å². The maximum atomic E-state index is 11.8. The molecule has 5 nitrogen and oxygen atoms in total. The van der Waals surface area contributed by atoms with E-state index in [4.69, 9.17) is 5.11 Å². The number of nitrogens with one attached hydrogen (secondary N) is 1. The average Bonchev–Trinajstić information content (AvgIpc) is 2.42. The number of carbonyl (C=O) groups is 1. The van der Waals surface area contributed by atoms with Crippen LogP contribution in [0.2, 0.25) is 0 Å². The maximum Gasteiger partial charge on any atom is 0.321 e. The van der Waals surface area contributed by atoms with E-state index in [1.165, 1.54) is 17.8 Å². The lowest BCUT2D eigenvalue weighted by molar-refractivity contribution is -0.139. The average molecular weight is 315 g/mol. The van der Waals surface area contributed by atoms with E-state index < -0.39 is 22.0 Å². The monoisotopic (exact) mass is 315 g/mol. The fourth-order valence-corrected chi connectivity index (χ4v) is 2.94. The van der Waals surface area contributed by atoms with Crippen LogP contribution in [0.3, 0.4) is 0 Å². The Hall–Kier alpha value is -1.31. The van der Waals surface area contributed by atoms with Crippen LogP contribution < -0.4 is 4.72 Å². The quantitative estimate of drug-likeness (QED) is 0.764. The number of sulfonamides is 1. The number of thioether (sulfide) groups is 1. The van der Waals surface area contributed by atoms with Crippen LogP contribution in [0.1, 0.15) is 12.0 Å². The second-order valence-electron chi connectivity index (χ2n) is 4.05. The summed E-state index contributed by atoms with van der Waals surface area (Å²) in [7, 11) is -3.78. The largest absolute Gasteiger partial charge is 0.480 e. The van der Waals surface area contributed by atoms with Gasteiger partial charge in [-0.05, 0) is 30.1 Å². The van der Waals surface area contributed by atoms with Gasteiger partial charge in [0.25, 0.3) is 0 Å². The highest BCUT2D eigenvalue weighted by atomic mass is 32.2. The normalized spacial score (nSPS) is 13.4. The molecular formula is C13H17NO4S2. The van der Waals surface area contributed by atoms with E-state index in [0.29, 0.717) is 5.75 Å². The van der Waals surface area contributed by atoms with Crippen LogP contribution in [0, 0.1) is 0 Å². The van der Waals surface area contributed by atoms with Gasteiger partial charge in [-0.3, -0.25) is 4.79 Å². The summed E-state index contributed by atoms with van der Waals surface area (Å²) in [5.41, 5.74) is 0.730. The number of rotatable bonds is 8. The molecular weight excluding hydrogens is 298 g/mol. The smallest absolute Gasteiger partial charge is 0.321 e. The molecule has 0 spiro atoms. The van der Waals surface area contributed by atoms with Crippen LogP contribution in [0.4, 0.5) is 0 Å². The summed E-state index contributed by atoms with van der Waals surface area (Å²) in [6.45, 7) is 0. The third-order valence-corrected chi connectivity index (χ3v) is 4.21. The third kappa shape index (κ3) is 6.23. The van der Waals surface area contributed by atoms with Gasteiger partial charge < -0.3 is 5.11 Å². The molecule has 1 atom stereocenters. The molecule has 0 unspecified atom stereocenters. The van der Waals surface area contributed by atoms with Gasteiger partial charge in [0.05, 0.1) is 0 Å². The van der Waals surface area contributed by atoms with Gasteiger partial charge in [-0.1, -0.05) is 30.3 Å². The van der Waals surface area contributed by atoms with E-state index in [2.05, 4.69) is 4.72 Å². The van der Waals surface area contributed by atoms with Gasteiger partial charge in [-0.15, -0.1) is 0 Å². The predicted octanol–water partition coefficient (Wildman–Crippen LogP) is 1.78. The van der Waals surface area contributed by atoms with Crippen molar-refractivity contribution in [1.82, 2.24) is 4.72 Å². The Morgan fingerprint density at radius 3 is 2.60 bits per heavy atom. The number of benzene rings is 1. The number of hydrogen-bond donors (Lipinski definition) is 2. The molecule has 0 aliphatic heterocycles. The Bertz CT molecular complexity index is 555. The molecule has 0 heterocycles. The molecule has 110 valence electrons. The second kappa shape index (κ2) is 8.08. The highest BCUT2D eigenvalue weighted by Crippen LogP contribution is 2.06. The molecule has 0 bridgehead atoms. The minimum Gasteiger partial charge on any atom is -0.480 e. The number of carboxylic acids is 1. The molecule has 2 N–H and O–H groups in total. The zero-order valence-electron chi connectivity index (χ0n) is 11.0. The zero-order chi connectivity index (χ0) is 15.0. The first-order valence-electron chi connectivity index (χ1n) is 5.92. The Labute approximate surface area is 123 Å². The molecule has 0 aliphatic carbocycles. The molecule has 0 aromatic heterocycles. The number of carboxylic acid groups (broad SMARTS) is 1. The van der Waals surface area contributed by atoms with Gasteiger partial charge in [-0.25, -0.2) is 8.42 Å². The summed E-state index contributed by atoms with van der Waals surface area (Å²) in [6, 6.07) is 7.82. The molecule has 0 amide bonds. The van der Waals surface area contributed by atoms with Gasteiger partial charge >= 0.3 is 5.97 Å². The molecule has 20 heavy (non-hydrogen) atoms. The second-order valence-corrected chi connectivity index (χ2v) is 6.63. The molecule has 0 radical (unpaired) electrons. The summed E-state index contributed by atoms with van der Waals surface area (Å²) >= 11 is 1.47. The van der Waals surface area contributed by atoms with E-state index >= 15 is 0 Å². The zero-order valence-corrected chi connectivity index (χ0v) is 12.7. The van der Waals surface area contributed by atoms with Crippen molar-refractivity contribution in [1.29, 1.82) is 0 Å². The van der Waals surface area contributed by atoms with Gasteiger partial charge in [-0.2, -0.15) is 16.5 Å². The highest BCUT2D eigenvalue weighted by Gasteiger charge is 2.21.